The van der Waals surface area contributed by atoms with Crippen LogP contribution >= 0.6 is 0 Å². The highest BCUT2D eigenvalue weighted by atomic mass is 19.1. The molecule has 1 aliphatic carbocycles. The topological polar surface area (TPSA) is 38.7 Å². The lowest BCUT2D eigenvalue weighted by Gasteiger charge is -1.95. The fraction of sp³-hybridized carbons (Fsp3) is 0.833. The van der Waals surface area contributed by atoms with Crippen molar-refractivity contribution in [1.82, 2.24) is 0 Å². The molecule has 2 atom stereocenters. The maximum Gasteiger partial charge on any atom is 0.183 e. The third-order valence-corrected chi connectivity index (χ3v) is 3.00. The largest absolute Gasteiger partial charge is 0.484 e. The molecule has 0 amide bonds. The summed E-state index contributed by atoms with van der Waals surface area (Å²) in [7, 11) is 1.57. The summed E-state index contributed by atoms with van der Waals surface area (Å²) in [6.07, 6.45) is 3.46. The van der Waals surface area contributed by atoms with Gasteiger partial charge in [-0.3, -0.25) is 9.18 Å². The molecule has 0 unspecified atom stereocenters. The Kier molecular flexibility index (Phi) is 6.08. The van der Waals surface area contributed by atoms with Crippen LogP contribution in [0.4, 0.5) is 8.78 Å². The lowest BCUT2D eigenvalue weighted by molar-refractivity contribution is -0.117. The molecule has 0 aromatic heterocycles. The molecule has 0 saturated heterocycles. The molecule has 17 heavy (non-hydrogen) atoms. The first kappa shape index (κ1) is 14.1. The fourth-order valence-electron chi connectivity index (χ4n) is 1.91. The first-order valence-electron chi connectivity index (χ1n) is 5.93. The van der Waals surface area contributed by atoms with Crippen LogP contribution in [0.1, 0.15) is 32.1 Å². The Morgan fingerprint density at radius 2 is 2.06 bits per heavy atom. The number of methoxy groups -OCH3 is 1. The number of alkyl halides is 2. The molecule has 0 spiro atoms. The van der Waals surface area contributed by atoms with Crippen molar-refractivity contribution in [3.63, 3.8) is 0 Å². The summed E-state index contributed by atoms with van der Waals surface area (Å²) in [6.45, 7) is -0.668. The van der Waals surface area contributed by atoms with E-state index in [2.05, 4.69) is 4.99 Å². The minimum Gasteiger partial charge on any atom is -0.484 e. The molecule has 3 nitrogen and oxygen atoms in total. The predicted octanol–water partition coefficient (Wildman–Crippen LogP) is 2.49. The molecular weight excluding hydrogens is 228 g/mol. The van der Waals surface area contributed by atoms with Crippen molar-refractivity contribution >= 4 is 11.7 Å². The monoisotopic (exact) mass is 247 g/mol. The maximum atomic E-state index is 11.8. The molecule has 0 aromatic rings. The average molecular weight is 247 g/mol. The zero-order valence-corrected chi connectivity index (χ0v) is 10.1. The minimum atomic E-state index is -0.354. The van der Waals surface area contributed by atoms with E-state index in [1.807, 2.05) is 0 Å². The van der Waals surface area contributed by atoms with Gasteiger partial charge in [-0.05, 0) is 18.8 Å². The van der Waals surface area contributed by atoms with Gasteiger partial charge in [-0.1, -0.05) is 0 Å². The second kappa shape index (κ2) is 7.35. The van der Waals surface area contributed by atoms with Crippen LogP contribution in [-0.2, 0) is 9.53 Å². The highest BCUT2D eigenvalue weighted by Gasteiger charge is 2.21. The molecule has 2 rings (SSSR count). The molecule has 5 heteroatoms. The number of carbonyl (C=O) groups excluding carboxylic acids is 1. The van der Waals surface area contributed by atoms with Crippen molar-refractivity contribution in [3.05, 3.63) is 0 Å². The van der Waals surface area contributed by atoms with Gasteiger partial charge in [0.25, 0.3) is 0 Å². The van der Waals surface area contributed by atoms with Crippen LogP contribution in [0.5, 0.6) is 0 Å². The number of hydrogen-bond acceptors (Lipinski definition) is 3. The van der Waals surface area contributed by atoms with E-state index < -0.39 is 0 Å². The third-order valence-electron chi connectivity index (χ3n) is 3.00. The van der Waals surface area contributed by atoms with E-state index in [4.69, 9.17) is 4.74 Å². The Bertz CT molecular complexity index is 282. The van der Waals surface area contributed by atoms with Gasteiger partial charge in [0, 0.05) is 19.3 Å². The van der Waals surface area contributed by atoms with Crippen molar-refractivity contribution in [2.45, 2.75) is 38.1 Å². The lowest BCUT2D eigenvalue weighted by Crippen LogP contribution is -2.00. The lowest BCUT2D eigenvalue weighted by atomic mass is 10.1. The number of carbonyl (C=O) groups is 1. The Labute approximate surface area is 100 Å². The van der Waals surface area contributed by atoms with Gasteiger partial charge < -0.3 is 4.74 Å². The molecule has 1 fully saturated rings. The molecule has 0 N–H and O–H groups in total. The molecule has 0 bridgehead atoms. The second-order valence-corrected chi connectivity index (χ2v) is 4.38. The summed E-state index contributed by atoms with van der Waals surface area (Å²) in [5.74, 6) is 0.979. The third kappa shape index (κ3) is 4.79. The van der Waals surface area contributed by atoms with Gasteiger partial charge in [0.2, 0.25) is 0 Å². The number of hydrogen-bond donors (Lipinski definition) is 0. The van der Waals surface area contributed by atoms with Gasteiger partial charge in [-0.25, -0.2) is 9.38 Å². The van der Waals surface area contributed by atoms with Crippen LogP contribution in [0, 0.1) is 5.92 Å². The Balaban J connectivity index is 0.000000171. The van der Waals surface area contributed by atoms with E-state index in [1.54, 1.807) is 7.11 Å². The van der Waals surface area contributed by atoms with Crippen LogP contribution in [-0.4, -0.2) is 38.2 Å². The van der Waals surface area contributed by atoms with Crippen LogP contribution < -0.4 is 0 Å². The average Bonchev–Trinajstić information content (AvgIpc) is 2.97. The van der Waals surface area contributed by atoms with Crippen LogP contribution in [0.2, 0.25) is 0 Å². The number of halogens is 2. The smallest absolute Gasteiger partial charge is 0.183 e. The van der Waals surface area contributed by atoms with Crippen molar-refractivity contribution in [2.75, 3.05) is 20.5 Å². The highest BCUT2D eigenvalue weighted by molar-refractivity contribution is 5.80. The number of rotatable bonds is 2. The molecular formula is C12H19F2NO2. The highest BCUT2D eigenvalue weighted by Crippen LogP contribution is 2.21. The second-order valence-electron chi connectivity index (χ2n) is 4.38. The molecule has 0 radical (unpaired) electrons. The normalized spacial score (nSPS) is 27.5. The van der Waals surface area contributed by atoms with E-state index in [0.717, 1.165) is 19.3 Å². The van der Waals surface area contributed by atoms with Crippen molar-refractivity contribution in [3.8, 4) is 0 Å². The van der Waals surface area contributed by atoms with Crippen LogP contribution in [0.15, 0.2) is 4.99 Å². The van der Waals surface area contributed by atoms with E-state index >= 15 is 0 Å². The van der Waals surface area contributed by atoms with Crippen LogP contribution in [0.3, 0.4) is 0 Å². The Morgan fingerprint density at radius 1 is 1.29 bits per heavy atom. The Morgan fingerprint density at radius 3 is 2.35 bits per heavy atom. The number of ether oxygens (including phenoxy) is 1. The van der Waals surface area contributed by atoms with Crippen molar-refractivity contribution < 1.29 is 18.3 Å². The Hall–Kier alpha value is -1.00. The van der Waals surface area contributed by atoms with Gasteiger partial charge in [0.1, 0.15) is 12.5 Å². The molecule has 98 valence electrons. The molecule has 1 aliphatic heterocycles. The van der Waals surface area contributed by atoms with Gasteiger partial charge in [0.15, 0.2) is 5.90 Å². The zero-order valence-electron chi connectivity index (χ0n) is 10.1. The van der Waals surface area contributed by atoms with Gasteiger partial charge in [-0.15, -0.1) is 0 Å². The van der Waals surface area contributed by atoms with E-state index in [1.165, 1.54) is 0 Å². The van der Waals surface area contributed by atoms with Crippen molar-refractivity contribution in [2.24, 2.45) is 10.9 Å². The first-order valence-corrected chi connectivity index (χ1v) is 5.93. The predicted molar refractivity (Wildman–Crippen MR) is 61.8 cm³/mol. The minimum absolute atomic E-state index is 0.0579. The van der Waals surface area contributed by atoms with Crippen molar-refractivity contribution in [1.29, 1.82) is 0 Å². The van der Waals surface area contributed by atoms with Gasteiger partial charge in [-0.2, -0.15) is 0 Å². The quantitative estimate of drug-likeness (QED) is 0.752. The van der Waals surface area contributed by atoms with Crippen LogP contribution in [0.25, 0.3) is 0 Å². The summed E-state index contributed by atoms with van der Waals surface area (Å²) in [4.78, 5) is 14.4. The van der Waals surface area contributed by atoms with E-state index in [9.17, 15) is 13.6 Å². The summed E-state index contributed by atoms with van der Waals surface area (Å²) in [5.41, 5.74) is 0. The van der Waals surface area contributed by atoms with Gasteiger partial charge in [0.05, 0.1) is 19.8 Å². The zero-order chi connectivity index (χ0) is 12.7. The summed E-state index contributed by atoms with van der Waals surface area (Å²) in [6, 6.07) is -0.125. The molecule has 0 aromatic carbocycles. The van der Waals surface area contributed by atoms with E-state index in [-0.39, 0.29) is 31.1 Å². The molecule has 2 aliphatic rings. The first-order chi connectivity index (χ1) is 8.19. The summed E-state index contributed by atoms with van der Waals surface area (Å²) in [5, 5.41) is 0. The SMILES string of the molecule is COC1=N[C@H](CF)CC1.O=C1CC[C@@H](CF)C1. The molecule has 1 heterocycles. The van der Waals surface area contributed by atoms with E-state index in [0.29, 0.717) is 18.7 Å². The maximum absolute atomic E-state index is 11.8. The number of aliphatic imine (C=N–C) groups is 1. The molecule has 1 saturated carbocycles. The fourth-order valence-corrected chi connectivity index (χ4v) is 1.91. The summed E-state index contributed by atoms with van der Waals surface area (Å²) >= 11 is 0. The number of nitrogens with zero attached hydrogens (tertiary/aromatic N) is 1. The number of ketones is 1. The summed E-state index contributed by atoms with van der Waals surface area (Å²) < 4.78 is 28.4. The standard InChI is InChI=1S/C6H10FNO.C6H9FO/c1-9-6-3-2-5(4-7)8-6;7-4-5-1-2-6(8)3-5/h5H,2-4H2,1H3;5H,1-4H2/t2*5-/m01/s1. The number of Topliss-reactive ketones (excluding diaryl/α,β-unsaturated/α-hetero) is 1. The van der Waals surface area contributed by atoms with Gasteiger partial charge >= 0.3 is 0 Å².